The fraction of sp³-hybridized carbons (Fsp3) is 1.00. The highest BCUT2D eigenvalue weighted by molar-refractivity contribution is 4.84. The summed E-state index contributed by atoms with van der Waals surface area (Å²) < 4.78 is 5.68. The fourth-order valence-electron chi connectivity index (χ4n) is 2.04. The van der Waals surface area contributed by atoms with Crippen molar-refractivity contribution in [2.75, 3.05) is 19.6 Å². The van der Waals surface area contributed by atoms with Crippen LogP contribution in [0.1, 0.15) is 34.1 Å². The van der Waals surface area contributed by atoms with Crippen LogP contribution in [0, 0.1) is 0 Å². The topological polar surface area (TPSA) is 38.5 Å². The van der Waals surface area contributed by atoms with Crippen molar-refractivity contribution in [3.05, 3.63) is 0 Å². The maximum absolute atomic E-state index is 6.16. The van der Waals surface area contributed by atoms with Crippen LogP contribution in [0.5, 0.6) is 0 Å². The van der Waals surface area contributed by atoms with Gasteiger partial charge in [0.15, 0.2) is 0 Å². The van der Waals surface area contributed by atoms with E-state index in [1.54, 1.807) is 0 Å². The molecule has 1 heterocycles. The zero-order valence-electron chi connectivity index (χ0n) is 9.92. The zero-order chi connectivity index (χ0) is 10.8. The molecule has 1 aliphatic heterocycles. The average molecular weight is 200 g/mol. The summed E-state index contributed by atoms with van der Waals surface area (Å²) in [7, 11) is 0. The summed E-state index contributed by atoms with van der Waals surface area (Å²) in [6.07, 6.45) is 1.70. The molecular weight excluding hydrogens is 176 g/mol. The molecule has 14 heavy (non-hydrogen) atoms. The van der Waals surface area contributed by atoms with Gasteiger partial charge < -0.3 is 10.5 Å². The van der Waals surface area contributed by atoms with Gasteiger partial charge in [0.05, 0.1) is 12.2 Å². The van der Waals surface area contributed by atoms with Crippen molar-refractivity contribution in [2.45, 2.75) is 51.9 Å². The van der Waals surface area contributed by atoms with Crippen molar-refractivity contribution in [3.8, 4) is 0 Å². The molecule has 3 nitrogen and oxygen atoms in total. The lowest BCUT2D eigenvalue weighted by atomic mass is 9.99. The van der Waals surface area contributed by atoms with E-state index in [4.69, 9.17) is 10.5 Å². The van der Waals surface area contributed by atoms with Crippen molar-refractivity contribution >= 4 is 0 Å². The smallest absolute Gasteiger partial charge is 0.0678 e. The number of nitrogens with zero attached hydrogens (tertiary/aromatic N) is 1. The molecule has 1 rings (SSSR count). The first kappa shape index (κ1) is 12.0. The molecule has 0 radical (unpaired) electrons. The largest absolute Gasteiger partial charge is 0.373 e. The third-order valence-electron chi connectivity index (χ3n) is 2.89. The SMILES string of the molecule is CCC(C)(N)CN1CC(C)OC(C)C1. The number of hydrogen-bond acceptors (Lipinski definition) is 3. The second kappa shape index (κ2) is 4.60. The molecule has 1 fully saturated rings. The van der Waals surface area contributed by atoms with Crippen molar-refractivity contribution < 1.29 is 4.74 Å². The van der Waals surface area contributed by atoms with Gasteiger partial charge in [0.25, 0.3) is 0 Å². The molecule has 0 aromatic heterocycles. The number of ether oxygens (including phenoxy) is 1. The molecular formula is C11H24N2O. The fourth-order valence-corrected chi connectivity index (χ4v) is 2.04. The first-order chi connectivity index (χ1) is 6.43. The third-order valence-corrected chi connectivity index (χ3v) is 2.89. The number of morpholine rings is 1. The minimum Gasteiger partial charge on any atom is -0.373 e. The third kappa shape index (κ3) is 3.56. The molecule has 3 heteroatoms. The molecule has 0 spiro atoms. The van der Waals surface area contributed by atoms with Gasteiger partial charge in [0.1, 0.15) is 0 Å². The van der Waals surface area contributed by atoms with Crippen molar-refractivity contribution in [1.29, 1.82) is 0 Å². The summed E-state index contributed by atoms with van der Waals surface area (Å²) in [4.78, 5) is 2.42. The van der Waals surface area contributed by atoms with Gasteiger partial charge in [-0.1, -0.05) is 6.92 Å². The molecule has 0 amide bonds. The summed E-state index contributed by atoms with van der Waals surface area (Å²) in [5, 5.41) is 0. The van der Waals surface area contributed by atoms with Crippen LogP contribution in [0.4, 0.5) is 0 Å². The Morgan fingerprint density at radius 2 is 1.86 bits per heavy atom. The van der Waals surface area contributed by atoms with Crippen LogP contribution < -0.4 is 5.73 Å². The first-order valence-corrected chi connectivity index (χ1v) is 5.59. The summed E-state index contributed by atoms with van der Waals surface area (Å²) in [5.41, 5.74) is 6.10. The van der Waals surface area contributed by atoms with Crippen LogP contribution in [-0.4, -0.2) is 42.3 Å². The van der Waals surface area contributed by atoms with Crippen LogP contribution in [-0.2, 0) is 4.74 Å². The lowest BCUT2D eigenvalue weighted by Gasteiger charge is -2.39. The van der Waals surface area contributed by atoms with E-state index < -0.39 is 0 Å². The summed E-state index contributed by atoms with van der Waals surface area (Å²) in [6, 6.07) is 0. The predicted molar refractivity (Wildman–Crippen MR) is 59.3 cm³/mol. The molecule has 3 atom stereocenters. The van der Waals surface area contributed by atoms with Crippen LogP contribution in [0.2, 0.25) is 0 Å². The highest BCUT2D eigenvalue weighted by Crippen LogP contribution is 2.14. The number of hydrogen-bond donors (Lipinski definition) is 1. The minimum atomic E-state index is -0.0587. The van der Waals surface area contributed by atoms with Gasteiger partial charge in [-0.05, 0) is 27.2 Å². The molecule has 1 aliphatic rings. The van der Waals surface area contributed by atoms with Crippen LogP contribution >= 0.6 is 0 Å². The molecule has 3 unspecified atom stereocenters. The number of nitrogens with two attached hydrogens (primary N) is 1. The van der Waals surface area contributed by atoms with Crippen LogP contribution in [0.15, 0.2) is 0 Å². The summed E-state index contributed by atoms with van der Waals surface area (Å²) >= 11 is 0. The molecule has 2 N–H and O–H groups in total. The molecule has 84 valence electrons. The Labute approximate surface area is 87.6 Å². The molecule has 0 bridgehead atoms. The highest BCUT2D eigenvalue weighted by atomic mass is 16.5. The van der Waals surface area contributed by atoms with Crippen molar-refractivity contribution in [3.63, 3.8) is 0 Å². The van der Waals surface area contributed by atoms with Gasteiger partial charge in [0.2, 0.25) is 0 Å². The molecule has 0 aliphatic carbocycles. The summed E-state index contributed by atoms with van der Waals surface area (Å²) in [5.74, 6) is 0. The monoisotopic (exact) mass is 200 g/mol. The van der Waals surface area contributed by atoms with E-state index >= 15 is 0 Å². The van der Waals surface area contributed by atoms with Gasteiger partial charge in [-0.25, -0.2) is 0 Å². The van der Waals surface area contributed by atoms with Gasteiger partial charge in [-0.3, -0.25) is 4.90 Å². The van der Waals surface area contributed by atoms with Crippen molar-refractivity contribution in [2.24, 2.45) is 5.73 Å². The Hall–Kier alpha value is -0.120. The predicted octanol–water partition coefficient (Wildman–Crippen LogP) is 1.22. The Morgan fingerprint density at radius 1 is 1.36 bits per heavy atom. The normalized spacial score (nSPS) is 34.1. The van der Waals surface area contributed by atoms with E-state index in [0.717, 1.165) is 26.1 Å². The van der Waals surface area contributed by atoms with Gasteiger partial charge in [0, 0.05) is 25.2 Å². The van der Waals surface area contributed by atoms with Gasteiger partial charge in [-0.2, -0.15) is 0 Å². The lowest BCUT2D eigenvalue weighted by molar-refractivity contribution is -0.0722. The first-order valence-electron chi connectivity index (χ1n) is 5.59. The molecule has 0 aromatic carbocycles. The maximum atomic E-state index is 6.16. The summed E-state index contributed by atoms with van der Waals surface area (Å²) in [6.45, 7) is 11.5. The average Bonchev–Trinajstić information content (AvgIpc) is 2.01. The number of rotatable bonds is 3. The Kier molecular flexibility index (Phi) is 3.93. The Morgan fingerprint density at radius 3 is 2.29 bits per heavy atom. The lowest BCUT2D eigenvalue weighted by Crippen LogP contribution is -2.53. The van der Waals surface area contributed by atoms with Crippen LogP contribution in [0.3, 0.4) is 0 Å². The van der Waals surface area contributed by atoms with Crippen molar-refractivity contribution in [1.82, 2.24) is 4.90 Å². The van der Waals surface area contributed by atoms with Gasteiger partial charge >= 0.3 is 0 Å². The molecule has 1 saturated heterocycles. The quantitative estimate of drug-likeness (QED) is 0.744. The van der Waals surface area contributed by atoms with E-state index in [1.165, 1.54) is 0 Å². The second-order valence-electron chi connectivity index (χ2n) is 4.96. The van der Waals surface area contributed by atoms with E-state index in [9.17, 15) is 0 Å². The van der Waals surface area contributed by atoms with E-state index in [1.807, 2.05) is 0 Å². The van der Waals surface area contributed by atoms with Crippen LogP contribution in [0.25, 0.3) is 0 Å². The van der Waals surface area contributed by atoms with E-state index in [2.05, 4.69) is 32.6 Å². The minimum absolute atomic E-state index is 0.0587. The maximum Gasteiger partial charge on any atom is 0.0678 e. The molecule has 0 saturated carbocycles. The second-order valence-corrected chi connectivity index (χ2v) is 4.96. The Balaban J connectivity index is 2.44. The standard InChI is InChI=1S/C11H24N2O/c1-5-11(4,12)8-13-6-9(2)14-10(3)7-13/h9-10H,5-8,12H2,1-4H3. The Bertz CT molecular complexity index is 172. The van der Waals surface area contributed by atoms with E-state index in [-0.39, 0.29) is 5.54 Å². The van der Waals surface area contributed by atoms with Gasteiger partial charge in [-0.15, -0.1) is 0 Å². The zero-order valence-corrected chi connectivity index (χ0v) is 9.92. The van der Waals surface area contributed by atoms with E-state index in [0.29, 0.717) is 12.2 Å². The highest BCUT2D eigenvalue weighted by Gasteiger charge is 2.26. The molecule has 0 aromatic rings.